The minimum absolute atomic E-state index is 0.0159. The summed E-state index contributed by atoms with van der Waals surface area (Å²) in [5.74, 6) is 0.467. The van der Waals surface area contributed by atoms with Gasteiger partial charge in [0, 0.05) is 35.8 Å². The summed E-state index contributed by atoms with van der Waals surface area (Å²) in [6.07, 6.45) is 0. The van der Waals surface area contributed by atoms with Gasteiger partial charge in [-0.05, 0) is 63.2 Å². The van der Waals surface area contributed by atoms with E-state index in [2.05, 4.69) is 10.3 Å². The number of aryl methyl sites for hydroxylation is 1. The predicted octanol–water partition coefficient (Wildman–Crippen LogP) is 4.29. The van der Waals surface area contributed by atoms with Crippen LogP contribution in [0.4, 0.5) is 5.69 Å². The van der Waals surface area contributed by atoms with Crippen molar-refractivity contribution in [2.45, 2.75) is 20.8 Å². The molecule has 0 radical (unpaired) electrons. The van der Waals surface area contributed by atoms with Gasteiger partial charge in [-0.25, -0.2) is 0 Å². The molecule has 0 aliphatic rings. The number of hydrogen-bond donors (Lipinski definition) is 1. The van der Waals surface area contributed by atoms with E-state index in [0.717, 1.165) is 16.7 Å². The molecule has 150 valence electrons. The number of carbonyl (C=O) groups is 2. The highest BCUT2D eigenvalue weighted by molar-refractivity contribution is 6.07. The molecule has 2 amide bonds. The molecule has 1 heterocycles. The average molecular weight is 391 g/mol. The lowest BCUT2D eigenvalue weighted by atomic mass is 10.1. The van der Waals surface area contributed by atoms with Gasteiger partial charge in [0.2, 0.25) is 0 Å². The number of hydrogen-bond acceptors (Lipinski definition) is 4. The van der Waals surface area contributed by atoms with Crippen molar-refractivity contribution >= 4 is 28.4 Å². The smallest absolute Gasteiger partial charge is 0.257 e. The van der Waals surface area contributed by atoms with Crippen LogP contribution >= 0.6 is 0 Å². The van der Waals surface area contributed by atoms with Crippen molar-refractivity contribution in [3.63, 3.8) is 0 Å². The van der Waals surface area contributed by atoms with Crippen LogP contribution in [0.2, 0.25) is 0 Å². The largest absolute Gasteiger partial charge is 0.497 e. The van der Waals surface area contributed by atoms with Gasteiger partial charge in [0.15, 0.2) is 0 Å². The number of amides is 2. The van der Waals surface area contributed by atoms with Crippen molar-refractivity contribution in [2.75, 3.05) is 25.5 Å². The fraction of sp³-hybridized carbons (Fsp3) is 0.261. The molecule has 3 aromatic rings. The topological polar surface area (TPSA) is 71.5 Å². The number of fused-ring (bicyclic) bond motifs is 1. The molecule has 0 atom stereocenters. The van der Waals surface area contributed by atoms with Gasteiger partial charge in [-0.15, -0.1) is 0 Å². The minimum Gasteiger partial charge on any atom is -0.497 e. The third-order valence-electron chi connectivity index (χ3n) is 4.90. The van der Waals surface area contributed by atoms with E-state index in [1.54, 1.807) is 43.2 Å². The highest BCUT2D eigenvalue weighted by Crippen LogP contribution is 2.22. The Balaban J connectivity index is 1.79. The zero-order valence-corrected chi connectivity index (χ0v) is 17.2. The number of pyridine rings is 1. The van der Waals surface area contributed by atoms with E-state index in [1.807, 2.05) is 38.1 Å². The van der Waals surface area contributed by atoms with E-state index in [0.29, 0.717) is 35.6 Å². The zero-order chi connectivity index (χ0) is 21.0. The first-order valence-corrected chi connectivity index (χ1v) is 9.62. The number of nitrogens with one attached hydrogen (secondary N) is 1. The molecule has 0 bridgehead atoms. The molecule has 3 rings (SSSR count). The zero-order valence-electron chi connectivity index (χ0n) is 17.2. The lowest BCUT2D eigenvalue weighted by molar-refractivity contribution is 0.0773. The molecule has 1 aromatic heterocycles. The van der Waals surface area contributed by atoms with Crippen LogP contribution in [0.15, 0.2) is 48.5 Å². The quantitative estimate of drug-likeness (QED) is 0.681. The van der Waals surface area contributed by atoms with Crippen LogP contribution in [0.3, 0.4) is 0 Å². The number of rotatable bonds is 6. The fourth-order valence-electron chi connectivity index (χ4n) is 3.19. The van der Waals surface area contributed by atoms with Gasteiger partial charge in [0.25, 0.3) is 11.8 Å². The van der Waals surface area contributed by atoms with Crippen LogP contribution in [0.1, 0.15) is 40.3 Å². The molecule has 0 saturated heterocycles. The Labute approximate surface area is 170 Å². The van der Waals surface area contributed by atoms with Gasteiger partial charge < -0.3 is 15.0 Å². The Kier molecular flexibility index (Phi) is 6.12. The maximum Gasteiger partial charge on any atom is 0.257 e. The van der Waals surface area contributed by atoms with Gasteiger partial charge in [-0.3, -0.25) is 14.6 Å². The molecule has 0 unspecified atom stereocenters. The second-order valence-electron chi connectivity index (χ2n) is 6.69. The Morgan fingerprint density at radius 1 is 1.03 bits per heavy atom. The monoisotopic (exact) mass is 391 g/mol. The van der Waals surface area contributed by atoms with E-state index in [4.69, 9.17) is 4.74 Å². The van der Waals surface area contributed by atoms with Crippen molar-refractivity contribution < 1.29 is 14.3 Å². The lowest BCUT2D eigenvalue weighted by Gasteiger charge is -2.18. The normalized spacial score (nSPS) is 10.6. The number of ether oxygens (including phenoxy) is 1. The van der Waals surface area contributed by atoms with Crippen molar-refractivity contribution in [1.29, 1.82) is 0 Å². The molecule has 1 N–H and O–H groups in total. The Hall–Kier alpha value is -3.41. The summed E-state index contributed by atoms with van der Waals surface area (Å²) in [6, 6.07) is 14.3. The highest BCUT2D eigenvalue weighted by atomic mass is 16.5. The first kappa shape index (κ1) is 20.3. The van der Waals surface area contributed by atoms with Crippen molar-refractivity contribution in [2.24, 2.45) is 0 Å². The average Bonchev–Trinajstić information content (AvgIpc) is 2.74. The van der Waals surface area contributed by atoms with Crippen molar-refractivity contribution in [3.8, 4) is 5.75 Å². The molecule has 0 saturated carbocycles. The standard InChI is InChI=1S/C23H25N3O3/c1-5-26(6-2)23(28)16-7-10-18(11-8-16)25-22(27)20-13-17-9-12-19(29-4)14-21(17)24-15(20)3/h7-14H,5-6H2,1-4H3,(H,25,27). The van der Waals surface area contributed by atoms with Crippen LogP contribution < -0.4 is 10.1 Å². The van der Waals surface area contributed by atoms with E-state index in [9.17, 15) is 9.59 Å². The van der Waals surface area contributed by atoms with Gasteiger partial charge in [-0.1, -0.05) is 0 Å². The molecule has 0 aliphatic carbocycles. The summed E-state index contributed by atoms with van der Waals surface area (Å²) in [6.45, 7) is 7.03. The molecule has 0 aliphatic heterocycles. The highest BCUT2D eigenvalue weighted by Gasteiger charge is 2.15. The number of carbonyl (C=O) groups excluding carboxylic acids is 2. The van der Waals surface area contributed by atoms with E-state index in [1.165, 1.54) is 0 Å². The van der Waals surface area contributed by atoms with Crippen LogP contribution in [-0.4, -0.2) is 41.9 Å². The number of methoxy groups -OCH3 is 1. The van der Waals surface area contributed by atoms with Crippen LogP contribution in [0.5, 0.6) is 5.75 Å². The summed E-state index contributed by atoms with van der Waals surface area (Å²) < 4.78 is 5.23. The summed E-state index contributed by atoms with van der Waals surface area (Å²) in [5.41, 5.74) is 3.14. The van der Waals surface area contributed by atoms with Gasteiger partial charge in [0.05, 0.1) is 23.9 Å². The summed E-state index contributed by atoms with van der Waals surface area (Å²) in [7, 11) is 1.61. The third kappa shape index (κ3) is 4.37. The number of anilines is 1. The van der Waals surface area contributed by atoms with Crippen LogP contribution in [-0.2, 0) is 0 Å². The predicted molar refractivity (Wildman–Crippen MR) is 115 cm³/mol. The summed E-state index contributed by atoms with van der Waals surface area (Å²) >= 11 is 0. The molecule has 0 fully saturated rings. The number of aromatic nitrogens is 1. The SMILES string of the molecule is CCN(CC)C(=O)c1ccc(NC(=O)c2cc3ccc(OC)cc3nc2C)cc1. The molecule has 29 heavy (non-hydrogen) atoms. The maximum absolute atomic E-state index is 12.8. The number of nitrogens with zero attached hydrogens (tertiary/aromatic N) is 2. The molecule has 2 aromatic carbocycles. The van der Waals surface area contributed by atoms with E-state index >= 15 is 0 Å². The lowest BCUT2D eigenvalue weighted by Crippen LogP contribution is -2.30. The van der Waals surface area contributed by atoms with Gasteiger partial charge >= 0.3 is 0 Å². The molecular weight excluding hydrogens is 366 g/mol. The minimum atomic E-state index is -0.240. The first-order chi connectivity index (χ1) is 14.0. The molecule has 0 spiro atoms. The summed E-state index contributed by atoms with van der Waals surface area (Å²) in [5, 5.41) is 3.74. The van der Waals surface area contributed by atoms with Gasteiger partial charge in [-0.2, -0.15) is 0 Å². The first-order valence-electron chi connectivity index (χ1n) is 9.62. The second kappa shape index (κ2) is 8.73. The van der Waals surface area contributed by atoms with Crippen LogP contribution in [0.25, 0.3) is 10.9 Å². The Bertz CT molecular complexity index is 1040. The molecule has 6 nitrogen and oxygen atoms in total. The maximum atomic E-state index is 12.8. The second-order valence-corrected chi connectivity index (χ2v) is 6.69. The van der Waals surface area contributed by atoms with Crippen LogP contribution in [0, 0.1) is 6.92 Å². The Morgan fingerprint density at radius 2 is 1.72 bits per heavy atom. The fourth-order valence-corrected chi connectivity index (χ4v) is 3.19. The van der Waals surface area contributed by atoms with E-state index < -0.39 is 0 Å². The number of benzene rings is 2. The van der Waals surface area contributed by atoms with Gasteiger partial charge in [0.1, 0.15) is 5.75 Å². The molecular formula is C23H25N3O3. The molecule has 6 heteroatoms. The third-order valence-corrected chi connectivity index (χ3v) is 4.90. The van der Waals surface area contributed by atoms with Crippen molar-refractivity contribution in [1.82, 2.24) is 9.88 Å². The Morgan fingerprint density at radius 3 is 2.34 bits per heavy atom. The summed E-state index contributed by atoms with van der Waals surface area (Å²) in [4.78, 5) is 31.5. The van der Waals surface area contributed by atoms with E-state index in [-0.39, 0.29) is 11.8 Å². The van der Waals surface area contributed by atoms with Crippen molar-refractivity contribution in [3.05, 3.63) is 65.4 Å².